The highest BCUT2D eigenvalue weighted by Crippen LogP contribution is 2.50. The van der Waals surface area contributed by atoms with E-state index in [2.05, 4.69) is 50.1 Å². The first-order valence-electron chi connectivity index (χ1n) is 42.6. The summed E-state index contributed by atoms with van der Waals surface area (Å²) in [5.74, 6) is 6.86. The Morgan fingerprint density at radius 1 is 0.814 bits per heavy atom. The molecule has 36 nitrogen and oxygen atoms in total. The summed E-state index contributed by atoms with van der Waals surface area (Å²) < 4.78 is 80.0. The maximum Gasteiger partial charge on any atom is 0.410 e. The number of esters is 1. The van der Waals surface area contributed by atoms with E-state index in [1.54, 1.807) is 91.1 Å². The number of hydrogen-bond donors (Lipinski definition) is 11. The van der Waals surface area contributed by atoms with Gasteiger partial charge in [-0.2, -0.15) is 5.48 Å². The predicted octanol–water partition coefficient (Wildman–Crippen LogP) is 6.50. The third-order valence-electron chi connectivity index (χ3n) is 22.8. The molecule has 0 radical (unpaired) electrons. The molecule has 0 spiro atoms. The SMILES string of the molecule is CCN(C(=O)OCc1ccc(NC(=O)[C@H](CCCNC(N)=O)CC(=O)[C@@H](NC(=O)[C@H](CCCCN)CC(C)=O)C(C)C)cc1)[C@H]1CO[C@@H](O[C@H]2[C@H](O[C@H]3C#C/C=C\C#C[C@]4(O)CC(=O)C(CC(=O)OC)=C3/C4=C\CSSc3ccccn3)O[C@H](C)[C@@H](NO[C@H]3C[C@H](O)[C@H](SC(=O)c4c(C)c(I)c(O[C@@H]5O[C@@H](C)[C@H](O)[C@@H](OC)[C@H]5O)c(OC)c4OC)[C@@H](C)O3)[C@@H]2O)C[C@@H]1OC. The van der Waals surface area contributed by atoms with Crippen LogP contribution >= 0.6 is 55.9 Å². The Labute approximate surface area is 776 Å². The van der Waals surface area contributed by atoms with E-state index in [0.29, 0.717) is 51.2 Å². The maximum atomic E-state index is 14.7. The second-order valence-corrected chi connectivity index (χ2v) is 36.8. The number of fused-ring (bicyclic) bond motifs is 2. The van der Waals surface area contributed by atoms with Crippen LogP contribution < -0.4 is 47.1 Å². The van der Waals surface area contributed by atoms with Crippen molar-refractivity contribution in [3.8, 4) is 40.9 Å². The van der Waals surface area contributed by atoms with Crippen LogP contribution in [-0.2, 0) is 87.6 Å². The number of urea groups is 1. The zero-order valence-corrected chi connectivity index (χ0v) is 79.0. The minimum Gasteiger partial charge on any atom is -0.492 e. The molecular formula is C89H119IN8O28S3. The molecule has 129 heavy (non-hydrogen) atoms. The number of unbranched alkanes of at least 4 members (excludes halogenated alkanes) is 1. The summed E-state index contributed by atoms with van der Waals surface area (Å²) in [7, 11) is 9.30. The van der Waals surface area contributed by atoms with Crippen molar-refractivity contribution in [3.05, 3.63) is 104 Å². The molecule has 22 atom stereocenters. The number of ketones is 3. The van der Waals surface area contributed by atoms with E-state index in [0.717, 1.165) is 18.9 Å². The standard InChI is InChI=1S/C89H119IN8O28S3/c1-14-98(88(111)119-44-52-28-30-55(31-29-52)95-82(107)54(25-23-36-94-87(92)110)39-59(100)71(46(2)3)96-83(108)53(38-47(4)99)24-18-21-34-91)58-45-118-66(42-63(58)113-9)124-79-74(105)72(49(6)121-86(79)123-62-26-17-15-16-20-33-89(112)43-61(102)56(40-65(103)114-10)69(62)57(89)32-37-127-129-64-27-19-22-35-93-64)97-126-67-41-60(101)81(51(8)120-67)128-84(109)68-48(5)70(90)77(80(117-13)76(68)115-11)125-85-75(106)78(116-12)73(104)50(7)122-85/h15-16,19,22,27-32,35,46,49-51,53-54,58,60,62-63,66-67,71-75,78-79,81,85-86,97,101,104-106,112H,14,18,21,23-25,34,36-45,91H2,1-13H3,(H,95,107)(H,96,108)(H3,92,94,110)/b16-15-,57-32+/t49-,50+,51-,53-,54-,58+,60+,62+,63+,66+,67+,71+,72-,73+,74+,75-,78-,79-,81-,85+,86+,89+/m1/s1. The van der Waals surface area contributed by atoms with Gasteiger partial charge in [0.1, 0.15) is 54.0 Å². The van der Waals surface area contributed by atoms with Crippen LogP contribution in [0.4, 0.5) is 15.3 Å². The number of methoxy groups -OCH3 is 5. The van der Waals surface area contributed by atoms with Gasteiger partial charge in [-0.25, -0.2) is 14.6 Å². The summed E-state index contributed by atoms with van der Waals surface area (Å²) in [4.78, 5) is 135. The lowest BCUT2D eigenvalue weighted by Crippen LogP contribution is -2.65. The highest BCUT2D eigenvalue weighted by Gasteiger charge is 2.53. The molecule has 2 aliphatic carbocycles. The first kappa shape index (κ1) is 105. The van der Waals surface area contributed by atoms with Crippen LogP contribution in [0.25, 0.3) is 0 Å². The zero-order chi connectivity index (χ0) is 94.1. The topological polar surface area (TPSA) is 500 Å². The summed E-state index contributed by atoms with van der Waals surface area (Å²) in [6, 6.07) is 8.08. The van der Waals surface area contributed by atoms with E-state index in [4.69, 9.17) is 77.9 Å². The van der Waals surface area contributed by atoms with E-state index in [9.17, 15) is 68.7 Å². The number of hydrogen-bond acceptors (Lipinski definition) is 34. The van der Waals surface area contributed by atoms with Crippen molar-refractivity contribution in [1.29, 1.82) is 0 Å². The van der Waals surface area contributed by atoms with Gasteiger partial charge in [0.15, 0.2) is 47.5 Å². The van der Waals surface area contributed by atoms with Gasteiger partial charge in [0, 0.05) is 99.2 Å². The highest BCUT2D eigenvalue weighted by molar-refractivity contribution is 14.1. The van der Waals surface area contributed by atoms with Gasteiger partial charge in [-0.3, -0.25) is 33.6 Å². The fourth-order valence-corrected chi connectivity index (χ4v) is 19.4. The van der Waals surface area contributed by atoms with Gasteiger partial charge < -0.3 is 124 Å². The molecule has 0 saturated carbocycles. The molecule has 4 aliphatic heterocycles. The van der Waals surface area contributed by atoms with Gasteiger partial charge in [0.05, 0.1) is 104 Å². The van der Waals surface area contributed by atoms with Crippen LogP contribution in [0, 0.1) is 51.9 Å². The van der Waals surface area contributed by atoms with Crippen LogP contribution in [0.5, 0.6) is 17.2 Å². The number of aliphatic hydroxyl groups excluding tert-OH is 4. The van der Waals surface area contributed by atoms with Crippen molar-refractivity contribution in [3.63, 3.8) is 0 Å². The van der Waals surface area contributed by atoms with Crippen LogP contribution in [0.15, 0.2) is 88.6 Å². The lowest BCUT2D eigenvalue weighted by atomic mass is 9.72. The van der Waals surface area contributed by atoms with Gasteiger partial charge in [-0.15, -0.1) is 0 Å². The molecule has 0 unspecified atom stereocenters. The molecule has 5 amide bonds. The normalized spacial score (nSPS) is 28.0. The number of aromatic nitrogens is 1. The number of carbonyl (C=O) groups is 9. The summed E-state index contributed by atoms with van der Waals surface area (Å²) in [5, 5.41) is 67.0. The number of nitrogens with zero attached hydrogens (tertiary/aromatic N) is 2. The number of nitrogens with two attached hydrogens (primary N) is 2. The molecule has 708 valence electrons. The molecule has 9 rings (SSSR count). The van der Waals surface area contributed by atoms with E-state index in [1.807, 2.05) is 34.7 Å². The van der Waals surface area contributed by atoms with E-state index < -0.39 is 193 Å². The van der Waals surface area contributed by atoms with E-state index >= 15 is 0 Å². The number of anilines is 1. The van der Waals surface area contributed by atoms with Gasteiger partial charge in [-0.05, 0) is 161 Å². The van der Waals surface area contributed by atoms with Crippen molar-refractivity contribution < 1.29 is 135 Å². The molecular weight excluding hydrogens is 1850 g/mol. The highest BCUT2D eigenvalue weighted by atomic mass is 127. The predicted molar refractivity (Wildman–Crippen MR) is 482 cm³/mol. The number of nitrogens with one attached hydrogen (secondary N) is 4. The van der Waals surface area contributed by atoms with Crippen LogP contribution in [0.2, 0.25) is 0 Å². The Balaban J connectivity index is 0.925. The number of benzene rings is 2. The number of primary amides is 1. The average Bonchev–Trinajstić information content (AvgIpc) is 0.748. The van der Waals surface area contributed by atoms with Gasteiger partial charge in [0.2, 0.25) is 29.0 Å². The fourth-order valence-electron chi connectivity index (χ4n) is 15.9. The van der Waals surface area contributed by atoms with E-state index in [-0.39, 0.29) is 122 Å². The number of thioether (sulfide) groups is 1. The number of amides is 5. The molecule has 4 fully saturated rings. The molecule has 5 heterocycles. The Bertz CT molecular complexity index is 4600. The van der Waals surface area contributed by atoms with Crippen molar-refractivity contribution >= 4 is 114 Å². The van der Waals surface area contributed by atoms with Gasteiger partial charge in [0.25, 0.3) is 0 Å². The first-order valence-corrected chi connectivity index (χ1v) is 46.8. The molecule has 13 N–H and O–H groups in total. The Kier molecular flexibility index (Phi) is 40.8. The number of halogens is 1. The molecule has 2 bridgehead atoms. The first-order chi connectivity index (χ1) is 61.6. The van der Waals surface area contributed by atoms with Crippen molar-refractivity contribution in [1.82, 2.24) is 26.0 Å². The lowest BCUT2D eigenvalue weighted by Gasteiger charge is -2.47. The largest absolute Gasteiger partial charge is 0.492 e. The average molecular weight is 1970 g/mol. The summed E-state index contributed by atoms with van der Waals surface area (Å²) in [6.07, 6.45) is -13.4. The van der Waals surface area contributed by atoms with Crippen LogP contribution in [-0.4, -0.2) is 277 Å². The third-order valence-corrected chi connectivity index (χ3v) is 27.6. The van der Waals surface area contributed by atoms with Crippen LogP contribution in [0.1, 0.15) is 141 Å². The molecule has 2 aromatic carbocycles. The van der Waals surface area contributed by atoms with Crippen molar-refractivity contribution in [2.75, 3.05) is 72.9 Å². The number of Topliss-reactive ketones (excluding diaryl/α,β-unsaturated/α-hetero) is 3. The minimum absolute atomic E-state index is 0.00661. The lowest BCUT2D eigenvalue weighted by molar-refractivity contribution is -0.337. The van der Waals surface area contributed by atoms with Gasteiger partial charge in [-0.1, -0.05) is 90.8 Å². The molecule has 4 saturated heterocycles. The van der Waals surface area contributed by atoms with Crippen molar-refractivity contribution in [2.24, 2.45) is 29.2 Å². The second-order valence-electron chi connectivity index (χ2n) is 32.2. The maximum absolute atomic E-state index is 14.7. The molecule has 3 aromatic rings. The monoisotopic (exact) mass is 1970 g/mol. The number of hydroxylamine groups is 1. The fraction of sp³-hybridized carbons (Fsp3) is 0.596. The van der Waals surface area contributed by atoms with Crippen LogP contribution in [0.3, 0.4) is 0 Å². The Hall–Kier alpha value is -7.90. The van der Waals surface area contributed by atoms with Crippen molar-refractivity contribution in [2.45, 2.75) is 259 Å². The number of likely N-dealkylation sites (N-methyl/N-ethyl adjacent to an activating group) is 1. The Morgan fingerprint density at radius 3 is 2.18 bits per heavy atom. The smallest absolute Gasteiger partial charge is 0.410 e. The number of carbonyl (C=O) groups excluding carboxylic acids is 9. The Morgan fingerprint density at radius 2 is 1.53 bits per heavy atom. The zero-order valence-electron chi connectivity index (χ0n) is 74.4. The third kappa shape index (κ3) is 27.9. The van der Waals surface area contributed by atoms with E-state index in [1.165, 1.54) is 74.0 Å². The summed E-state index contributed by atoms with van der Waals surface area (Å²) in [5.41, 5.74) is 13.0. The molecule has 1 aromatic heterocycles. The summed E-state index contributed by atoms with van der Waals surface area (Å²) in [6.45, 7) is 13.3. The minimum atomic E-state index is -2.17. The quantitative estimate of drug-likeness (QED) is 0.00719. The molecule has 6 aliphatic rings. The summed E-state index contributed by atoms with van der Waals surface area (Å²) >= 11 is 2.76. The second kappa shape index (κ2) is 50.3. The number of rotatable bonds is 43. The van der Waals surface area contributed by atoms with Gasteiger partial charge >= 0.3 is 18.1 Å². The number of allylic oxidation sites excluding steroid dienone is 2. The number of pyridine rings is 1. The number of ether oxygens (including phenoxy) is 13. The molecule has 40 heteroatoms. The number of aliphatic hydroxyl groups is 5.